The van der Waals surface area contributed by atoms with E-state index in [-0.39, 0.29) is 0 Å². The van der Waals surface area contributed by atoms with Crippen LogP contribution in [0.2, 0.25) is 5.54 Å². The minimum atomic E-state index is -0.988. The zero-order chi connectivity index (χ0) is 7.40. The Bertz CT molecular complexity index is 93.0. The van der Waals surface area contributed by atoms with Gasteiger partial charge in [0.15, 0.2) is 8.56 Å². The molecule has 0 aromatic rings. The largest absolute Gasteiger partial charge is 0.435 e. The first-order valence-corrected chi connectivity index (χ1v) is 8.85. The van der Waals surface area contributed by atoms with Crippen molar-refractivity contribution in [2.45, 2.75) is 37.6 Å². The van der Waals surface area contributed by atoms with E-state index in [1.807, 2.05) is 0 Å². The molecule has 0 aromatic carbocycles. The summed E-state index contributed by atoms with van der Waals surface area (Å²) in [6.45, 7) is 0. The maximum atomic E-state index is 9.55. The van der Waals surface area contributed by atoms with E-state index < -0.39 is 8.56 Å². The summed E-state index contributed by atoms with van der Waals surface area (Å²) in [6.07, 6.45) is 6.63. The van der Waals surface area contributed by atoms with Crippen LogP contribution in [0.3, 0.4) is 0 Å². The summed E-state index contributed by atoms with van der Waals surface area (Å²) in [6, 6.07) is 0. The highest BCUT2D eigenvalue weighted by Crippen LogP contribution is 2.29. The molecule has 0 unspecified atom stereocenters. The van der Waals surface area contributed by atoms with Crippen LogP contribution in [0.25, 0.3) is 0 Å². The molecule has 0 heterocycles. The molecule has 4 heteroatoms. The Kier molecular flexibility index (Phi) is 3.90. The van der Waals surface area contributed by atoms with Crippen molar-refractivity contribution in [2.75, 3.05) is 0 Å². The lowest BCUT2D eigenvalue weighted by Crippen LogP contribution is -2.30. The van der Waals surface area contributed by atoms with Crippen LogP contribution in [0.1, 0.15) is 32.1 Å². The summed E-state index contributed by atoms with van der Waals surface area (Å²) in [5, 5.41) is 0. The van der Waals surface area contributed by atoms with E-state index in [2.05, 4.69) is 9.76 Å². The summed E-state index contributed by atoms with van der Waals surface area (Å²) < 4.78 is 0. The zero-order valence-corrected chi connectivity index (χ0v) is 9.06. The van der Waals surface area contributed by atoms with Crippen molar-refractivity contribution in [1.82, 2.24) is 0 Å². The molecule has 1 rings (SSSR count). The van der Waals surface area contributed by atoms with Crippen LogP contribution in [0.4, 0.5) is 0 Å². The third-order valence-corrected chi connectivity index (χ3v) is 8.03. The van der Waals surface area contributed by atoms with Crippen molar-refractivity contribution in [2.24, 2.45) is 0 Å². The second-order valence-electron chi connectivity index (χ2n) is 2.85. The maximum absolute atomic E-state index is 9.55. The minimum Gasteiger partial charge on any atom is -0.435 e. The normalized spacial score (nSPS) is 21.9. The van der Waals surface area contributed by atoms with Crippen molar-refractivity contribution in [1.29, 1.82) is 0 Å². The van der Waals surface area contributed by atoms with E-state index in [1.165, 1.54) is 32.1 Å². The Morgan fingerprint density at radius 1 is 1.30 bits per heavy atom. The van der Waals surface area contributed by atoms with Crippen LogP contribution < -0.4 is 0 Å². The molecule has 1 fully saturated rings. The van der Waals surface area contributed by atoms with Crippen LogP contribution in [-0.4, -0.2) is 31.7 Å². The zero-order valence-electron chi connectivity index (χ0n) is 6.06. The van der Waals surface area contributed by atoms with Gasteiger partial charge in [0.2, 0.25) is 0 Å². The van der Waals surface area contributed by atoms with Crippen LogP contribution >= 0.6 is 0 Å². The maximum Gasteiger partial charge on any atom is 0.185 e. The Morgan fingerprint density at radius 3 is 2.40 bits per heavy atom. The molecule has 0 atom stereocenters. The van der Waals surface area contributed by atoms with Crippen molar-refractivity contribution in [3.63, 3.8) is 0 Å². The molecule has 0 aliphatic heterocycles. The molecule has 1 aliphatic carbocycles. The molecule has 0 saturated heterocycles. The van der Waals surface area contributed by atoms with Gasteiger partial charge in [-0.3, -0.25) is 0 Å². The summed E-state index contributed by atoms with van der Waals surface area (Å²) in [5.74, 6) is 0. The average Bonchev–Trinajstić information content (AvgIpc) is 2.05. The Hall–Kier alpha value is 0.611. The van der Waals surface area contributed by atoms with E-state index in [0.717, 1.165) is 0 Å². The molecule has 1 nitrogen and oxygen atoms in total. The van der Waals surface area contributed by atoms with Crippen molar-refractivity contribution in [3.05, 3.63) is 0 Å². The number of hydrogen-bond acceptors (Lipinski definition) is 1. The van der Waals surface area contributed by atoms with Crippen LogP contribution in [-0.2, 0) is 0 Å². The molecule has 10 heavy (non-hydrogen) atoms. The summed E-state index contributed by atoms with van der Waals surface area (Å²) in [5.41, 5.74) is 0.689. The Morgan fingerprint density at radius 2 is 1.90 bits per heavy atom. The predicted molar refractivity (Wildman–Crippen MR) is 46.3 cm³/mol. The summed E-state index contributed by atoms with van der Waals surface area (Å²) in [7, 11) is 3.06. The van der Waals surface area contributed by atoms with Gasteiger partial charge in [-0.05, 0) is 5.54 Å². The standard InChI is InChI=1S/C6H12OSi3/c7-10(9-8)6-4-2-1-3-5-6/h6-7H,1-5H2. The van der Waals surface area contributed by atoms with Gasteiger partial charge < -0.3 is 4.80 Å². The minimum absolute atomic E-state index is 0.625. The fraction of sp³-hybridized carbons (Fsp3) is 1.00. The van der Waals surface area contributed by atoms with E-state index in [1.54, 1.807) is 0 Å². The monoisotopic (exact) mass is 184 g/mol. The molecule has 54 valence electrons. The Labute approximate surface area is 69.8 Å². The number of rotatable bonds is 2. The second-order valence-corrected chi connectivity index (χ2v) is 9.22. The molecule has 0 aromatic heterocycles. The molecule has 0 spiro atoms. The second kappa shape index (κ2) is 4.48. The topological polar surface area (TPSA) is 20.2 Å². The third kappa shape index (κ3) is 2.34. The molecular formula is C6H12OSi3. The van der Waals surface area contributed by atoms with Gasteiger partial charge in [0.05, 0.1) is 0 Å². The smallest absolute Gasteiger partial charge is 0.185 e. The summed E-state index contributed by atoms with van der Waals surface area (Å²) >= 11 is 0. The SMILES string of the molecule is O[Si]([Si][Si])C1CCCCC1. The van der Waals surface area contributed by atoms with Crippen LogP contribution in [0.15, 0.2) is 0 Å². The van der Waals surface area contributed by atoms with Gasteiger partial charge in [-0.2, -0.15) is 0 Å². The fourth-order valence-corrected chi connectivity index (χ4v) is 5.95. The first-order chi connectivity index (χ1) is 4.84. The van der Waals surface area contributed by atoms with Gasteiger partial charge in [0, 0.05) is 18.3 Å². The lowest BCUT2D eigenvalue weighted by atomic mass is 10.0. The van der Waals surface area contributed by atoms with E-state index in [4.69, 9.17) is 0 Å². The highest BCUT2D eigenvalue weighted by Gasteiger charge is 2.22. The lowest BCUT2D eigenvalue weighted by molar-refractivity contribution is 0.460. The Balaban J connectivity index is 2.24. The molecular weight excluding hydrogens is 172 g/mol. The van der Waals surface area contributed by atoms with Gasteiger partial charge in [-0.15, -0.1) is 0 Å². The van der Waals surface area contributed by atoms with E-state index in [0.29, 0.717) is 14.1 Å². The van der Waals surface area contributed by atoms with Gasteiger partial charge in [0.1, 0.15) is 0 Å². The molecule has 0 amide bonds. The van der Waals surface area contributed by atoms with Crippen molar-refractivity contribution < 1.29 is 4.80 Å². The highest BCUT2D eigenvalue weighted by molar-refractivity contribution is 7.29. The molecule has 1 N–H and O–H groups in total. The lowest BCUT2D eigenvalue weighted by Gasteiger charge is -2.23. The van der Waals surface area contributed by atoms with Crippen molar-refractivity contribution >= 4 is 26.9 Å². The van der Waals surface area contributed by atoms with Gasteiger partial charge in [0.25, 0.3) is 0 Å². The first-order valence-electron chi connectivity index (χ1n) is 3.83. The summed E-state index contributed by atoms with van der Waals surface area (Å²) in [4.78, 5) is 9.55. The van der Waals surface area contributed by atoms with Gasteiger partial charge >= 0.3 is 0 Å². The van der Waals surface area contributed by atoms with Crippen LogP contribution in [0, 0.1) is 0 Å². The van der Waals surface area contributed by atoms with Crippen molar-refractivity contribution in [3.8, 4) is 0 Å². The quantitative estimate of drug-likeness (QED) is 0.623. The first kappa shape index (κ1) is 8.70. The molecule has 0 bridgehead atoms. The average molecular weight is 184 g/mol. The van der Waals surface area contributed by atoms with Crippen LogP contribution in [0.5, 0.6) is 0 Å². The molecule has 1 aliphatic rings. The van der Waals surface area contributed by atoms with E-state index >= 15 is 0 Å². The van der Waals surface area contributed by atoms with Gasteiger partial charge in [-0.25, -0.2) is 0 Å². The predicted octanol–water partition coefficient (Wildman–Crippen LogP) is 0.589. The number of hydrogen-bond donors (Lipinski definition) is 1. The van der Waals surface area contributed by atoms with E-state index in [9.17, 15) is 4.80 Å². The van der Waals surface area contributed by atoms with Gasteiger partial charge in [-0.1, -0.05) is 32.1 Å². The fourth-order valence-electron chi connectivity index (χ4n) is 1.48. The molecule has 1 saturated carbocycles. The highest BCUT2D eigenvalue weighted by atomic mass is 29.5. The molecule has 6 radical (unpaired) electrons. The third-order valence-electron chi connectivity index (χ3n) is 2.12.